The highest BCUT2D eigenvalue weighted by atomic mass is 16.5. The smallest absolute Gasteiger partial charge is 0.256 e. The molecule has 5 heteroatoms. The maximum atomic E-state index is 12.2. The van der Waals surface area contributed by atoms with Gasteiger partial charge in [0.05, 0.1) is 25.2 Å². The molecule has 1 atom stereocenters. The molecule has 5 nitrogen and oxygen atoms in total. The predicted octanol–water partition coefficient (Wildman–Crippen LogP) is 0.0958. The molecule has 0 saturated heterocycles. The minimum absolute atomic E-state index is 0.0705. The number of aromatic nitrogens is 2. The Balaban J connectivity index is 2.28. The molecule has 1 aromatic rings. The lowest BCUT2D eigenvalue weighted by molar-refractivity contribution is 0.185. The fourth-order valence-corrected chi connectivity index (χ4v) is 2.18. The molecule has 1 aliphatic carbocycles. The van der Waals surface area contributed by atoms with E-state index in [1.165, 1.54) is 0 Å². The lowest BCUT2D eigenvalue weighted by atomic mass is 10.1. The molecule has 1 heterocycles. The van der Waals surface area contributed by atoms with Crippen molar-refractivity contribution in [3.63, 3.8) is 0 Å². The van der Waals surface area contributed by atoms with E-state index in [2.05, 4.69) is 4.98 Å². The van der Waals surface area contributed by atoms with Gasteiger partial charge in [-0.2, -0.15) is 0 Å². The van der Waals surface area contributed by atoms with Gasteiger partial charge in [0.15, 0.2) is 0 Å². The second-order valence-corrected chi connectivity index (χ2v) is 4.50. The lowest BCUT2D eigenvalue weighted by Gasteiger charge is -2.09. The van der Waals surface area contributed by atoms with Crippen molar-refractivity contribution in [2.45, 2.75) is 38.3 Å². The quantitative estimate of drug-likeness (QED) is 0.757. The van der Waals surface area contributed by atoms with Gasteiger partial charge < -0.3 is 10.5 Å². The summed E-state index contributed by atoms with van der Waals surface area (Å²) in [6.45, 7) is 1.08. The van der Waals surface area contributed by atoms with Gasteiger partial charge in [-0.05, 0) is 25.7 Å². The van der Waals surface area contributed by atoms with Crippen molar-refractivity contribution in [3.8, 4) is 0 Å². The third-order valence-electron chi connectivity index (χ3n) is 3.27. The average molecular weight is 237 g/mol. The van der Waals surface area contributed by atoms with Gasteiger partial charge in [0, 0.05) is 18.7 Å². The van der Waals surface area contributed by atoms with Crippen molar-refractivity contribution in [1.29, 1.82) is 0 Å². The van der Waals surface area contributed by atoms with Gasteiger partial charge in [-0.1, -0.05) is 0 Å². The summed E-state index contributed by atoms with van der Waals surface area (Å²) in [5.74, 6) is 0. The molecule has 1 unspecified atom stereocenters. The van der Waals surface area contributed by atoms with Crippen LogP contribution in [0, 0.1) is 0 Å². The molecule has 1 aliphatic rings. The average Bonchev–Trinajstić information content (AvgIpc) is 2.52. The maximum absolute atomic E-state index is 12.2. The summed E-state index contributed by atoms with van der Waals surface area (Å²) < 4.78 is 6.60. The van der Waals surface area contributed by atoms with Crippen LogP contribution in [0.1, 0.15) is 24.1 Å². The van der Waals surface area contributed by atoms with Gasteiger partial charge in [0.25, 0.3) is 5.56 Å². The second kappa shape index (κ2) is 5.42. The van der Waals surface area contributed by atoms with Crippen LogP contribution in [0.4, 0.5) is 0 Å². The van der Waals surface area contributed by atoms with Crippen molar-refractivity contribution in [3.05, 3.63) is 27.9 Å². The first-order valence-corrected chi connectivity index (χ1v) is 6.04. The molecule has 1 aromatic heterocycles. The molecule has 0 bridgehead atoms. The molecule has 94 valence electrons. The highest BCUT2D eigenvalue weighted by Gasteiger charge is 2.17. The summed E-state index contributed by atoms with van der Waals surface area (Å²) >= 11 is 0. The Labute approximate surface area is 101 Å². The highest BCUT2D eigenvalue weighted by molar-refractivity contribution is 5.19. The standard InChI is InChI=1S/C12H19N3O2/c1-17-7-6-15-8-14-11-5-3-9(13)2-4-10(11)12(15)16/h8-9H,2-7,13H2,1H3. The number of hydrogen-bond donors (Lipinski definition) is 1. The van der Waals surface area contributed by atoms with Crippen molar-refractivity contribution in [2.24, 2.45) is 5.73 Å². The minimum atomic E-state index is 0.0705. The molecule has 0 saturated carbocycles. The zero-order valence-corrected chi connectivity index (χ0v) is 10.2. The number of nitrogens with zero attached hydrogens (tertiary/aromatic N) is 2. The number of rotatable bonds is 3. The molecule has 0 spiro atoms. The predicted molar refractivity (Wildman–Crippen MR) is 65.0 cm³/mol. The van der Waals surface area contributed by atoms with Crippen LogP contribution in [0.15, 0.2) is 11.1 Å². The SMILES string of the molecule is COCCn1cnc2c(c1=O)CCC(N)CC2. The van der Waals surface area contributed by atoms with Crippen molar-refractivity contribution < 1.29 is 4.74 Å². The van der Waals surface area contributed by atoms with E-state index in [1.54, 1.807) is 18.0 Å². The summed E-state index contributed by atoms with van der Waals surface area (Å²) in [7, 11) is 1.63. The number of nitrogens with two attached hydrogens (primary N) is 1. The minimum Gasteiger partial charge on any atom is -0.383 e. The Kier molecular flexibility index (Phi) is 3.91. The fourth-order valence-electron chi connectivity index (χ4n) is 2.18. The largest absolute Gasteiger partial charge is 0.383 e. The van der Waals surface area contributed by atoms with Gasteiger partial charge in [-0.3, -0.25) is 9.36 Å². The van der Waals surface area contributed by atoms with Crippen LogP contribution >= 0.6 is 0 Å². The van der Waals surface area contributed by atoms with Crippen LogP contribution in [0.25, 0.3) is 0 Å². The lowest BCUT2D eigenvalue weighted by Crippen LogP contribution is -2.27. The number of hydrogen-bond acceptors (Lipinski definition) is 4. The van der Waals surface area contributed by atoms with E-state index < -0.39 is 0 Å². The normalized spacial score (nSPS) is 19.8. The molecular weight excluding hydrogens is 218 g/mol. The van der Waals surface area contributed by atoms with Crippen molar-refractivity contribution in [1.82, 2.24) is 9.55 Å². The summed E-state index contributed by atoms with van der Waals surface area (Å²) in [4.78, 5) is 16.6. The summed E-state index contributed by atoms with van der Waals surface area (Å²) in [5, 5.41) is 0. The van der Waals surface area contributed by atoms with Crippen LogP contribution in [0.5, 0.6) is 0 Å². The first-order chi connectivity index (χ1) is 8.22. The van der Waals surface area contributed by atoms with E-state index in [0.717, 1.165) is 36.9 Å². The van der Waals surface area contributed by atoms with Gasteiger partial charge in [0.1, 0.15) is 0 Å². The third-order valence-corrected chi connectivity index (χ3v) is 3.27. The number of fused-ring (bicyclic) bond motifs is 1. The first kappa shape index (κ1) is 12.3. The van der Waals surface area contributed by atoms with E-state index in [-0.39, 0.29) is 11.6 Å². The van der Waals surface area contributed by atoms with E-state index in [0.29, 0.717) is 13.2 Å². The molecule has 0 radical (unpaired) electrons. The Hall–Kier alpha value is -1.20. The van der Waals surface area contributed by atoms with Crippen LogP contribution < -0.4 is 11.3 Å². The fraction of sp³-hybridized carbons (Fsp3) is 0.667. The van der Waals surface area contributed by atoms with E-state index in [4.69, 9.17) is 10.5 Å². The van der Waals surface area contributed by atoms with Crippen LogP contribution in [0.2, 0.25) is 0 Å². The Morgan fingerprint density at radius 3 is 3.06 bits per heavy atom. The monoisotopic (exact) mass is 237 g/mol. The van der Waals surface area contributed by atoms with Crippen molar-refractivity contribution >= 4 is 0 Å². The number of ether oxygens (including phenoxy) is 1. The van der Waals surface area contributed by atoms with E-state index >= 15 is 0 Å². The summed E-state index contributed by atoms with van der Waals surface area (Å²) in [6.07, 6.45) is 4.98. The Morgan fingerprint density at radius 1 is 1.53 bits per heavy atom. The highest BCUT2D eigenvalue weighted by Crippen LogP contribution is 2.14. The third kappa shape index (κ3) is 2.73. The molecule has 17 heavy (non-hydrogen) atoms. The second-order valence-electron chi connectivity index (χ2n) is 4.50. The van der Waals surface area contributed by atoms with Crippen LogP contribution in [-0.2, 0) is 24.1 Å². The molecule has 2 N–H and O–H groups in total. The van der Waals surface area contributed by atoms with Gasteiger partial charge >= 0.3 is 0 Å². The van der Waals surface area contributed by atoms with E-state index in [1.807, 2.05) is 0 Å². The molecule has 0 fully saturated rings. The summed E-state index contributed by atoms with van der Waals surface area (Å²) in [5.41, 5.74) is 7.77. The maximum Gasteiger partial charge on any atom is 0.256 e. The summed E-state index contributed by atoms with van der Waals surface area (Å²) in [6, 6.07) is 0.191. The van der Waals surface area contributed by atoms with Gasteiger partial charge in [-0.15, -0.1) is 0 Å². The van der Waals surface area contributed by atoms with Crippen LogP contribution in [0.3, 0.4) is 0 Å². The number of aryl methyl sites for hydroxylation is 1. The van der Waals surface area contributed by atoms with Crippen molar-refractivity contribution in [2.75, 3.05) is 13.7 Å². The van der Waals surface area contributed by atoms with E-state index in [9.17, 15) is 4.79 Å². The van der Waals surface area contributed by atoms with Gasteiger partial charge in [-0.25, -0.2) is 4.98 Å². The topological polar surface area (TPSA) is 70.1 Å². The molecule has 0 amide bonds. The Morgan fingerprint density at radius 2 is 2.29 bits per heavy atom. The molecular formula is C12H19N3O2. The molecule has 2 rings (SSSR count). The Bertz CT molecular complexity index is 442. The molecule has 0 aliphatic heterocycles. The molecule has 0 aromatic carbocycles. The first-order valence-electron chi connectivity index (χ1n) is 6.04. The number of methoxy groups -OCH3 is 1. The van der Waals surface area contributed by atoms with Gasteiger partial charge in [0.2, 0.25) is 0 Å². The van der Waals surface area contributed by atoms with Crippen LogP contribution in [-0.4, -0.2) is 29.3 Å². The zero-order valence-electron chi connectivity index (χ0n) is 10.2. The zero-order chi connectivity index (χ0) is 12.3.